The molecule has 0 atom stereocenters. The molecule has 1 aliphatic carbocycles. The molecule has 1 aromatic carbocycles. The van der Waals surface area contributed by atoms with Crippen LogP contribution in [0.3, 0.4) is 0 Å². The number of ether oxygens (including phenoxy) is 1. The summed E-state index contributed by atoms with van der Waals surface area (Å²) in [6.45, 7) is 0.110. The van der Waals surface area contributed by atoms with Crippen LogP contribution in [0.4, 0.5) is 0 Å². The lowest BCUT2D eigenvalue weighted by molar-refractivity contribution is 0.0996. The van der Waals surface area contributed by atoms with Gasteiger partial charge >= 0.3 is 0 Å². The molecule has 0 bridgehead atoms. The van der Waals surface area contributed by atoms with Crippen molar-refractivity contribution in [2.24, 2.45) is 5.73 Å². The smallest absolute Gasteiger partial charge is 0.259 e. The van der Waals surface area contributed by atoms with E-state index in [1.54, 1.807) is 40.0 Å². The fourth-order valence-electron chi connectivity index (χ4n) is 3.16. The molecule has 4 rings (SSSR count). The number of fused-ring (bicyclic) bond motifs is 3. The van der Waals surface area contributed by atoms with Crippen molar-refractivity contribution in [3.05, 3.63) is 62.5 Å². The molecule has 0 aliphatic heterocycles. The Morgan fingerprint density at radius 3 is 2.92 bits per heavy atom. The first-order chi connectivity index (χ1) is 12.1. The van der Waals surface area contributed by atoms with Crippen molar-refractivity contribution in [1.82, 2.24) is 9.38 Å². The maximum absolute atomic E-state index is 12.5. The van der Waals surface area contributed by atoms with E-state index in [1.165, 1.54) is 10.9 Å². The maximum Gasteiger partial charge on any atom is 0.259 e. The second-order valence-corrected chi connectivity index (χ2v) is 7.09. The fourth-order valence-corrected chi connectivity index (χ4v) is 4.40. The van der Waals surface area contributed by atoms with E-state index in [1.807, 2.05) is 0 Å². The minimum absolute atomic E-state index is 0.0776. The molecular formula is C18H17N3O3S. The molecule has 0 unspecified atom stereocenters. The van der Waals surface area contributed by atoms with Crippen molar-refractivity contribution in [3.63, 3.8) is 0 Å². The summed E-state index contributed by atoms with van der Waals surface area (Å²) >= 11 is 1.58. The number of primary amides is 1. The number of hydrogen-bond donors (Lipinski definition) is 1. The lowest BCUT2D eigenvalue weighted by Gasteiger charge is -2.10. The van der Waals surface area contributed by atoms with Crippen molar-refractivity contribution in [2.75, 3.05) is 0 Å². The van der Waals surface area contributed by atoms with Crippen LogP contribution >= 0.6 is 11.3 Å². The van der Waals surface area contributed by atoms with Gasteiger partial charge in [-0.25, -0.2) is 4.98 Å². The van der Waals surface area contributed by atoms with Gasteiger partial charge in [0.1, 0.15) is 12.4 Å². The van der Waals surface area contributed by atoms with Gasteiger partial charge in [0.2, 0.25) is 0 Å². The second kappa shape index (κ2) is 6.33. The van der Waals surface area contributed by atoms with Crippen LogP contribution in [0.25, 0.3) is 4.96 Å². The number of carbonyl (C=O) groups excluding carboxylic acids is 1. The molecule has 0 spiro atoms. The molecule has 2 heterocycles. The normalized spacial score (nSPS) is 13.6. The van der Waals surface area contributed by atoms with Crippen LogP contribution < -0.4 is 16.0 Å². The number of nitrogens with zero attached hydrogens (tertiary/aromatic N) is 2. The van der Waals surface area contributed by atoms with Gasteiger partial charge < -0.3 is 10.5 Å². The summed E-state index contributed by atoms with van der Waals surface area (Å²) in [6.07, 6.45) is 4.22. The van der Waals surface area contributed by atoms with Gasteiger partial charge in [-0.2, -0.15) is 0 Å². The predicted molar refractivity (Wildman–Crippen MR) is 95.3 cm³/mol. The van der Waals surface area contributed by atoms with Gasteiger partial charge in [0.25, 0.3) is 11.5 Å². The first-order valence-corrected chi connectivity index (χ1v) is 9.00. The molecule has 0 radical (unpaired) electrons. The average molecular weight is 355 g/mol. The number of thiazole rings is 1. The zero-order chi connectivity index (χ0) is 17.4. The second-order valence-electron chi connectivity index (χ2n) is 6.03. The van der Waals surface area contributed by atoms with E-state index in [-0.39, 0.29) is 12.2 Å². The van der Waals surface area contributed by atoms with Crippen LogP contribution in [0.1, 0.15) is 39.5 Å². The molecular weight excluding hydrogens is 338 g/mol. The number of hydrogen-bond acceptors (Lipinski definition) is 5. The molecule has 0 saturated carbocycles. The highest BCUT2D eigenvalue weighted by molar-refractivity contribution is 7.17. The van der Waals surface area contributed by atoms with Crippen molar-refractivity contribution in [2.45, 2.75) is 32.3 Å². The summed E-state index contributed by atoms with van der Waals surface area (Å²) in [4.78, 5) is 30.5. The lowest BCUT2D eigenvalue weighted by Crippen LogP contribution is -2.19. The van der Waals surface area contributed by atoms with E-state index >= 15 is 0 Å². The van der Waals surface area contributed by atoms with Crippen LogP contribution in [0.5, 0.6) is 5.75 Å². The van der Waals surface area contributed by atoms with E-state index in [2.05, 4.69) is 4.98 Å². The van der Waals surface area contributed by atoms with Crippen LogP contribution in [0, 0.1) is 0 Å². The molecule has 1 amide bonds. The lowest BCUT2D eigenvalue weighted by atomic mass is 10.0. The number of aryl methyl sites for hydroxylation is 2. The molecule has 6 nitrogen and oxygen atoms in total. The zero-order valence-corrected chi connectivity index (χ0v) is 14.3. The van der Waals surface area contributed by atoms with Crippen LogP contribution in [-0.2, 0) is 19.4 Å². The Kier molecular flexibility index (Phi) is 4.01. The summed E-state index contributed by atoms with van der Waals surface area (Å²) < 4.78 is 7.41. The van der Waals surface area contributed by atoms with Crippen LogP contribution in [0.2, 0.25) is 0 Å². The van der Waals surface area contributed by atoms with E-state index < -0.39 is 5.91 Å². The van der Waals surface area contributed by atoms with Gasteiger partial charge in [-0.1, -0.05) is 12.1 Å². The SMILES string of the molecule is NC(=O)c1ccccc1OCc1cc(=O)n2c3c(sc2n1)CCCC3. The third kappa shape index (κ3) is 2.91. The van der Waals surface area contributed by atoms with Gasteiger partial charge in [0.15, 0.2) is 4.96 Å². The number of para-hydroxylation sites is 1. The first-order valence-electron chi connectivity index (χ1n) is 8.18. The van der Waals surface area contributed by atoms with Crippen molar-refractivity contribution < 1.29 is 9.53 Å². The van der Waals surface area contributed by atoms with Gasteiger partial charge in [0, 0.05) is 16.6 Å². The molecule has 3 aromatic rings. The fraction of sp³-hybridized carbons (Fsp3) is 0.278. The minimum atomic E-state index is -0.551. The first kappa shape index (κ1) is 15.8. The predicted octanol–water partition coefficient (Wildman–Crippen LogP) is 2.31. The highest BCUT2D eigenvalue weighted by Gasteiger charge is 2.18. The Labute approximate surface area is 147 Å². The molecule has 0 saturated heterocycles. The largest absolute Gasteiger partial charge is 0.486 e. The third-order valence-electron chi connectivity index (χ3n) is 4.34. The summed E-state index contributed by atoms with van der Waals surface area (Å²) in [5, 5.41) is 0. The molecule has 7 heteroatoms. The monoisotopic (exact) mass is 355 g/mol. The Bertz CT molecular complexity index is 1020. The Hall–Kier alpha value is -2.67. The zero-order valence-electron chi connectivity index (χ0n) is 13.5. The molecule has 1 aliphatic rings. The third-order valence-corrected chi connectivity index (χ3v) is 5.49. The van der Waals surface area contributed by atoms with Crippen molar-refractivity contribution >= 4 is 22.2 Å². The number of nitrogens with two attached hydrogens (primary N) is 1. The standard InChI is InChI=1S/C18H17N3O3S/c19-17(23)12-5-1-3-7-14(12)24-10-11-9-16(22)21-13-6-2-4-8-15(13)25-18(21)20-11/h1,3,5,7,9H,2,4,6,8,10H2,(H2,19,23). The molecule has 128 valence electrons. The number of amides is 1. The van der Waals surface area contributed by atoms with Crippen LogP contribution in [0.15, 0.2) is 35.1 Å². The summed E-state index contributed by atoms with van der Waals surface area (Å²) in [7, 11) is 0. The molecule has 2 aromatic heterocycles. The quantitative estimate of drug-likeness (QED) is 0.778. The number of carbonyl (C=O) groups is 1. The highest BCUT2D eigenvalue weighted by atomic mass is 32.1. The van der Waals surface area contributed by atoms with E-state index in [9.17, 15) is 9.59 Å². The number of aromatic nitrogens is 2. The summed E-state index contributed by atoms with van der Waals surface area (Å²) in [5.41, 5.74) is 7.24. The van der Waals surface area contributed by atoms with Crippen LogP contribution in [-0.4, -0.2) is 15.3 Å². The minimum Gasteiger partial charge on any atom is -0.486 e. The van der Waals surface area contributed by atoms with E-state index in [0.717, 1.165) is 31.4 Å². The maximum atomic E-state index is 12.5. The Balaban J connectivity index is 1.65. The molecule has 0 fully saturated rings. The van der Waals surface area contributed by atoms with E-state index in [0.29, 0.717) is 22.0 Å². The van der Waals surface area contributed by atoms with Gasteiger partial charge in [-0.15, -0.1) is 11.3 Å². The van der Waals surface area contributed by atoms with E-state index in [4.69, 9.17) is 10.5 Å². The van der Waals surface area contributed by atoms with Gasteiger partial charge in [-0.05, 0) is 37.8 Å². The molecule has 25 heavy (non-hydrogen) atoms. The van der Waals surface area contributed by atoms with Crippen molar-refractivity contribution in [3.8, 4) is 5.75 Å². The van der Waals surface area contributed by atoms with Gasteiger partial charge in [0.05, 0.1) is 11.3 Å². The Morgan fingerprint density at radius 2 is 2.08 bits per heavy atom. The highest BCUT2D eigenvalue weighted by Crippen LogP contribution is 2.28. The molecule has 2 N–H and O–H groups in total. The number of benzene rings is 1. The van der Waals surface area contributed by atoms with Crippen molar-refractivity contribution in [1.29, 1.82) is 0 Å². The summed E-state index contributed by atoms with van der Waals surface area (Å²) in [6, 6.07) is 8.27. The topological polar surface area (TPSA) is 86.7 Å². The summed E-state index contributed by atoms with van der Waals surface area (Å²) in [5.74, 6) is -0.160. The number of rotatable bonds is 4. The Morgan fingerprint density at radius 1 is 1.28 bits per heavy atom. The average Bonchev–Trinajstić information content (AvgIpc) is 2.99. The van der Waals surface area contributed by atoms with Gasteiger partial charge in [-0.3, -0.25) is 14.0 Å².